The lowest BCUT2D eigenvalue weighted by Crippen LogP contribution is -2.37. The number of hydrogen-bond donors (Lipinski definition) is 1. The van der Waals surface area contributed by atoms with E-state index in [9.17, 15) is 9.59 Å². The number of carboxylic acid groups (broad SMARTS) is 1. The molecule has 1 saturated heterocycles. The van der Waals surface area contributed by atoms with Gasteiger partial charge in [-0.05, 0) is 31.5 Å². The van der Waals surface area contributed by atoms with Gasteiger partial charge in [-0.2, -0.15) is 0 Å². The summed E-state index contributed by atoms with van der Waals surface area (Å²) in [7, 11) is 0. The number of ether oxygens (including phenoxy) is 1. The maximum atomic E-state index is 12.0. The first-order valence-electron chi connectivity index (χ1n) is 6.30. The Labute approximate surface area is 122 Å². The number of nitrogens with zero attached hydrogens (tertiary/aromatic N) is 1. The van der Waals surface area contributed by atoms with E-state index in [4.69, 9.17) is 21.4 Å². The van der Waals surface area contributed by atoms with Crippen molar-refractivity contribution in [3.05, 3.63) is 29.3 Å². The lowest BCUT2D eigenvalue weighted by Gasteiger charge is -2.20. The van der Waals surface area contributed by atoms with Crippen molar-refractivity contribution in [3.63, 3.8) is 0 Å². The number of hydrogen-bond acceptors (Lipinski definition) is 3. The molecular formula is C14H16ClNO4. The van der Waals surface area contributed by atoms with Gasteiger partial charge in [0.1, 0.15) is 5.75 Å². The summed E-state index contributed by atoms with van der Waals surface area (Å²) in [4.78, 5) is 24.6. The van der Waals surface area contributed by atoms with Gasteiger partial charge in [-0.15, -0.1) is 0 Å². The summed E-state index contributed by atoms with van der Waals surface area (Å²) in [5.41, 5.74) is -0.855. The lowest BCUT2D eigenvalue weighted by atomic mass is 9.90. The minimum absolute atomic E-state index is 0.115. The van der Waals surface area contributed by atoms with Crippen LogP contribution in [0.25, 0.3) is 0 Å². The van der Waals surface area contributed by atoms with Crippen molar-refractivity contribution in [1.82, 2.24) is 4.90 Å². The number of amides is 1. The van der Waals surface area contributed by atoms with Crippen LogP contribution in [-0.4, -0.2) is 41.6 Å². The van der Waals surface area contributed by atoms with E-state index in [1.165, 1.54) is 4.90 Å². The molecule has 108 valence electrons. The van der Waals surface area contributed by atoms with E-state index in [2.05, 4.69) is 0 Å². The molecule has 6 heteroatoms. The highest BCUT2D eigenvalue weighted by Crippen LogP contribution is 2.30. The molecule has 1 fully saturated rings. The first kappa shape index (κ1) is 14.7. The van der Waals surface area contributed by atoms with Crippen molar-refractivity contribution in [2.24, 2.45) is 5.41 Å². The first-order chi connectivity index (χ1) is 9.40. The highest BCUT2D eigenvalue weighted by molar-refractivity contribution is 6.30. The Hall–Kier alpha value is -1.75. The normalized spacial score (nSPS) is 21.8. The summed E-state index contributed by atoms with van der Waals surface area (Å²) >= 11 is 5.82. The van der Waals surface area contributed by atoms with Gasteiger partial charge in [0.15, 0.2) is 6.61 Å². The SMILES string of the molecule is CC1(C(=O)O)CCN(C(=O)COc2cccc(Cl)c2)C1. The Morgan fingerprint density at radius 2 is 2.25 bits per heavy atom. The minimum Gasteiger partial charge on any atom is -0.484 e. The second-order valence-corrected chi connectivity index (χ2v) is 5.61. The van der Waals surface area contributed by atoms with Crippen molar-refractivity contribution < 1.29 is 19.4 Å². The van der Waals surface area contributed by atoms with Crippen LogP contribution in [0.4, 0.5) is 0 Å². The van der Waals surface area contributed by atoms with E-state index < -0.39 is 11.4 Å². The Kier molecular flexibility index (Phi) is 4.18. The average molecular weight is 298 g/mol. The Morgan fingerprint density at radius 3 is 2.85 bits per heavy atom. The maximum Gasteiger partial charge on any atom is 0.311 e. The second-order valence-electron chi connectivity index (χ2n) is 5.18. The molecule has 0 spiro atoms. The fourth-order valence-electron chi connectivity index (χ4n) is 2.14. The second kappa shape index (κ2) is 5.71. The predicted octanol–water partition coefficient (Wildman–Crippen LogP) is 2.04. The molecule has 20 heavy (non-hydrogen) atoms. The van der Waals surface area contributed by atoms with Crippen molar-refractivity contribution in [2.45, 2.75) is 13.3 Å². The van der Waals surface area contributed by atoms with E-state index in [0.717, 1.165) is 0 Å². The molecule has 5 nitrogen and oxygen atoms in total. The summed E-state index contributed by atoms with van der Waals surface area (Å²) < 4.78 is 5.37. The van der Waals surface area contributed by atoms with Gasteiger partial charge in [0.25, 0.3) is 5.91 Å². The van der Waals surface area contributed by atoms with Gasteiger partial charge in [0.2, 0.25) is 0 Å². The molecule has 0 aromatic heterocycles. The van der Waals surface area contributed by atoms with Crippen LogP contribution in [0.15, 0.2) is 24.3 Å². The number of rotatable bonds is 4. The molecule has 1 aliphatic rings. The number of likely N-dealkylation sites (tertiary alicyclic amines) is 1. The molecule has 1 atom stereocenters. The number of halogens is 1. The van der Waals surface area contributed by atoms with Crippen LogP contribution in [0.2, 0.25) is 5.02 Å². The predicted molar refractivity (Wildman–Crippen MR) is 73.9 cm³/mol. The number of carboxylic acids is 1. The van der Waals surface area contributed by atoms with Crippen LogP contribution in [0.3, 0.4) is 0 Å². The third-order valence-corrected chi connectivity index (χ3v) is 3.74. The molecule has 0 bridgehead atoms. The van der Waals surface area contributed by atoms with Crippen molar-refractivity contribution in [1.29, 1.82) is 0 Å². The summed E-state index contributed by atoms with van der Waals surface area (Å²) in [6.45, 7) is 2.21. The number of benzene rings is 1. The molecule has 1 aromatic carbocycles. The molecule has 2 rings (SSSR count). The van der Waals surface area contributed by atoms with E-state index in [1.54, 1.807) is 31.2 Å². The molecule has 1 heterocycles. The van der Waals surface area contributed by atoms with Crippen LogP contribution in [0, 0.1) is 5.41 Å². The zero-order valence-corrected chi connectivity index (χ0v) is 11.9. The number of aliphatic carboxylic acids is 1. The van der Waals surface area contributed by atoms with Crippen LogP contribution in [0.1, 0.15) is 13.3 Å². The number of carbonyl (C=O) groups is 2. The molecule has 0 aliphatic carbocycles. The standard InChI is InChI=1S/C14H16ClNO4/c1-14(13(18)19)5-6-16(9-14)12(17)8-20-11-4-2-3-10(15)7-11/h2-4,7H,5-6,8-9H2,1H3,(H,18,19). The van der Waals surface area contributed by atoms with Gasteiger partial charge in [0.05, 0.1) is 5.41 Å². The molecule has 1 amide bonds. The average Bonchev–Trinajstić information content (AvgIpc) is 2.80. The Bertz CT molecular complexity index is 534. The van der Waals surface area contributed by atoms with Crippen LogP contribution in [0.5, 0.6) is 5.75 Å². The summed E-state index contributed by atoms with van der Waals surface area (Å²) in [6.07, 6.45) is 0.464. The first-order valence-corrected chi connectivity index (χ1v) is 6.68. The minimum atomic E-state index is -0.872. The van der Waals surface area contributed by atoms with E-state index >= 15 is 0 Å². The highest BCUT2D eigenvalue weighted by Gasteiger charge is 2.42. The van der Waals surface area contributed by atoms with Gasteiger partial charge >= 0.3 is 5.97 Å². The van der Waals surface area contributed by atoms with E-state index in [0.29, 0.717) is 23.7 Å². The third kappa shape index (κ3) is 3.22. The zero-order chi connectivity index (χ0) is 14.8. The summed E-state index contributed by atoms with van der Waals surface area (Å²) in [6, 6.07) is 6.79. The van der Waals surface area contributed by atoms with Crippen molar-refractivity contribution in [2.75, 3.05) is 19.7 Å². The highest BCUT2D eigenvalue weighted by atomic mass is 35.5. The van der Waals surface area contributed by atoms with Gasteiger partial charge in [-0.3, -0.25) is 9.59 Å². The summed E-state index contributed by atoms with van der Waals surface area (Å²) in [5.74, 6) is -0.565. The zero-order valence-electron chi connectivity index (χ0n) is 11.1. The van der Waals surface area contributed by atoms with Gasteiger partial charge in [-0.25, -0.2) is 0 Å². The smallest absolute Gasteiger partial charge is 0.311 e. The quantitative estimate of drug-likeness (QED) is 0.923. The lowest BCUT2D eigenvalue weighted by molar-refractivity contribution is -0.147. The molecule has 1 unspecified atom stereocenters. The van der Waals surface area contributed by atoms with Gasteiger partial charge in [0, 0.05) is 18.1 Å². The largest absolute Gasteiger partial charge is 0.484 e. The monoisotopic (exact) mass is 297 g/mol. The van der Waals surface area contributed by atoms with E-state index in [-0.39, 0.29) is 19.1 Å². The maximum absolute atomic E-state index is 12.0. The van der Waals surface area contributed by atoms with Gasteiger partial charge in [-0.1, -0.05) is 17.7 Å². The Balaban J connectivity index is 1.89. The molecule has 1 aromatic rings. The topological polar surface area (TPSA) is 66.8 Å². The fourth-order valence-corrected chi connectivity index (χ4v) is 2.32. The van der Waals surface area contributed by atoms with Crippen LogP contribution < -0.4 is 4.74 Å². The van der Waals surface area contributed by atoms with Crippen molar-refractivity contribution in [3.8, 4) is 5.75 Å². The number of carbonyl (C=O) groups excluding carboxylic acids is 1. The molecule has 1 N–H and O–H groups in total. The van der Waals surface area contributed by atoms with Crippen LogP contribution >= 0.6 is 11.6 Å². The van der Waals surface area contributed by atoms with Gasteiger partial charge < -0.3 is 14.7 Å². The molecule has 1 aliphatic heterocycles. The summed E-state index contributed by atoms with van der Waals surface area (Å²) in [5, 5.41) is 9.66. The van der Waals surface area contributed by atoms with Crippen molar-refractivity contribution >= 4 is 23.5 Å². The molecule has 0 saturated carbocycles. The Morgan fingerprint density at radius 1 is 1.50 bits per heavy atom. The third-order valence-electron chi connectivity index (χ3n) is 3.50. The van der Waals surface area contributed by atoms with E-state index in [1.807, 2.05) is 0 Å². The molecule has 0 radical (unpaired) electrons. The molecular weight excluding hydrogens is 282 g/mol. The fraction of sp³-hybridized carbons (Fsp3) is 0.429. The van der Waals surface area contributed by atoms with Crippen LogP contribution in [-0.2, 0) is 9.59 Å².